The quantitative estimate of drug-likeness (QED) is 0.706. The maximum Gasteiger partial charge on any atom is 0.338 e. The summed E-state index contributed by atoms with van der Waals surface area (Å²) in [5.41, 5.74) is 2.69. The highest BCUT2D eigenvalue weighted by Gasteiger charge is 2.11. The van der Waals surface area contributed by atoms with E-state index in [0.29, 0.717) is 5.56 Å². The first-order chi connectivity index (χ1) is 7.20. The standard InChI is InChI=1S/C13H16O2/c1-4-7-10(2)11-8-5-6-9-12(11)13(14)15-3/h5-9H,4H2,1-3H3/b10-7+. The molecule has 0 N–H and O–H groups in total. The van der Waals surface area contributed by atoms with Crippen LogP contribution in [0.4, 0.5) is 0 Å². The van der Waals surface area contributed by atoms with E-state index in [1.54, 1.807) is 6.07 Å². The van der Waals surface area contributed by atoms with Crippen molar-refractivity contribution in [3.8, 4) is 0 Å². The van der Waals surface area contributed by atoms with E-state index in [0.717, 1.165) is 17.6 Å². The van der Waals surface area contributed by atoms with Gasteiger partial charge in [0, 0.05) is 0 Å². The first-order valence-electron chi connectivity index (χ1n) is 5.05. The normalized spacial score (nSPS) is 11.3. The summed E-state index contributed by atoms with van der Waals surface area (Å²) in [6, 6.07) is 7.49. The summed E-state index contributed by atoms with van der Waals surface area (Å²) in [5, 5.41) is 0. The van der Waals surface area contributed by atoms with Crippen LogP contribution in [-0.4, -0.2) is 13.1 Å². The molecule has 0 saturated carbocycles. The molecule has 1 aromatic rings. The van der Waals surface area contributed by atoms with E-state index in [1.165, 1.54) is 7.11 Å². The second kappa shape index (κ2) is 5.35. The van der Waals surface area contributed by atoms with Gasteiger partial charge in [-0.25, -0.2) is 4.79 Å². The Kier molecular flexibility index (Phi) is 4.10. The molecule has 80 valence electrons. The Labute approximate surface area is 90.6 Å². The molecule has 0 spiro atoms. The molecule has 0 heterocycles. The number of carbonyl (C=O) groups is 1. The fraction of sp³-hybridized carbons (Fsp3) is 0.308. The Balaban J connectivity index is 3.17. The van der Waals surface area contributed by atoms with Gasteiger partial charge in [0.05, 0.1) is 12.7 Å². The molecule has 0 atom stereocenters. The van der Waals surface area contributed by atoms with Gasteiger partial charge in [-0.3, -0.25) is 0 Å². The molecule has 0 aromatic heterocycles. The van der Waals surface area contributed by atoms with Crippen LogP contribution in [0.5, 0.6) is 0 Å². The predicted molar refractivity (Wildman–Crippen MR) is 61.7 cm³/mol. The van der Waals surface area contributed by atoms with Crippen LogP contribution < -0.4 is 0 Å². The Bertz CT molecular complexity index is 378. The topological polar surface area (TPSA) is 26.3 Å². The van der Waals surface area contributed by atoms with Gasteiger partial charge in [0.1, 0.15) is 0 Å². The van der Waals surface area contributed by atoms with Crippen molar-refractivity contribution < 1.29 is 9.53 Å². The van der Waals surface area contributed by atoms with Crippen molar-refractivity contribution in [2.24, 2.45) is 0 Å². The molecule has 1 aromatic carbocycles. The molecule has 0 aliphatic heterocycles. The molecule has 0 aliphatic rings. The molecule has 0 radical (unpaired) electrons. The number of rotatable bonds is 3. The van der Waals surface area contributed by atoms with E-state index in [4.69, 9.17) is 4.74 Å². The van der Waals surface area contributed by atoms with Gasteiger partial charge < -0.3 is 4.74 Å². The number of esters is 1. The Morgan fingerprint density at radius 1 is 1.33 bits per heavy atom. The number of allylic oxidation sites excluding steroid dienone is 2. The van der Waals surface area contributed by atoms with Gasteiger partial charge in [-0.1, -0.05) is 31.2 Å². The van der Waals surface area contributed by atoms with Gasteiger partial charge in [0.25, 0.3) is 0 Å². The molecule has 0 aliphatic carbocycles. The van der Waals surface area contributed by atoms with Crippen LogP contribution in [0.2, 0.25) is 0 Å². The number of hydrogen-bond acceptors (Lipinski definition) is 2. The van der Waals surface area contributed by atoms with Crippen molar-refractivity contribution in [3.63, 3.8) is 0 Å². The van der Waals surface area contributed by atoms with Crippen molar-refractivity contribution in [2.45, 2.75) is 20.3 Å². The molecule has 0 amide bonds. The third-order valence-corrected chi connectivity index (χ3v) is 2.27. The zero-order chi connectivity index (χ0) is 11.3. The summed E-state index contributed by atoms with van der Waals surface area (Å²) in [4.78, 5) is 11.5. The lowest BCUT2D eigenvalue weighted by Crippen LogP contribution is -2.04. The minimum absolute atomic E-state index is 0.283. The molecule has 0 unspecified atom stereocenters. The summed E-state index contributed by atoms with van der Waals surface area (Å²) < 4.78 is 4.74. The minimum Gasteiger partial charge on any atom is -0.465 e. The molecule has 1 rings (SSSR count). The molecule has 15 heavy (non-hydrogen) atoms. The lowest BCUT2D eigenvalue weighted by molar-refractivity contribution is 0.0600. The van der Waals surface area contributed by atoms with Gasteiger partial charge in [-0.2, -0.15) is 0 Å². The zero-order valence-corrected chi connectivity index (χ0v) is 9.41. The van der Waals surface area contributed by atoms with E-state index < -0.39 is 0 Å². The first kappa shape index (κ1) is 11.5. The fourth-order valence-corrected chi connectivity index (χ4v) is 1.53. The second-order valence-corrected chi connectivity index (χ2v) is 3.33. The summed E-state index contributed by atoms with van der Waals surface area (Å²) in [5.74, 6) is -0.283. The highest BCUT2D eigenvalue weighted by atomic mass is 16.5. The van der Waals surface area contributed by atoms with Gasteiger partial charge >= 0.3 is 5.97 Å². The third-order valence-electron chi connectivity index (χ3n) is 2.27. The van der Waals surface area contributed by atoms with Crippen molar-refractivity contribution >= 4 is 11.5 Å². The van der Waals surface area contributed by atoms with Crippen LogP contribution in [0.25, 0.3) is 5.57 Å². The number of carbonyl (C=O) groups excluding carboxylic acids is 1. The van der Waals surface area contributed by atoms with E-state index in [1.807, 2.05) is 25.1 Å². The largest absolute Gasteiger partial charge is 0.465 e. The van der Waals surface area contributed by atoms with E-state index in [2.05, 4.69) is 13.0 Å². The summed E-state index contributed by atoms with van der Waals surface area (Å²) >= 11 is 0. The van der Waals surface area contributed by atoms with E-state index in [-0.39, 0.29) is 5.97 Å². The van der Waals surface area contributed by atoms with Gasteiger partial charge in [0.15, 0.2) is 0 Å². The lowest BCUT2D eigenvalue weighted by atomic mass is 10.0. The maximum absolute atomic E-state index is 11.5. The Morgan fingerprint density at radius 2 is 1.93 bits per heavy atom. The molecule has 0 bridgehead atoms. The molecule has 0 fully saturated rings. The van der Waals surface area contributed by atoms with Crippen LogP contribution >= 0.6 is 0 Å². The summed E-state index contributed by atoms with van der Waals surface area (Å²) in [7, 11) is 1.40. The monoisotopic (exact) mass is 204 g/mol. The van der Waals surface area contributed by atoms with Gasteiger partial charge in [0.2, 0.25) is 0 Å². The number of ether oxygens (including phenoxy) is 1. The van der Waals surface area contributed by atoms with E-state index >= 15 is 0 Å². The number of methoxy groups -OCH3 is 1. The highest BCUT2D eigenvalue weighted by Crippen LogP contribution is 2.19. The summed E-state index contributed by atoms with van der Waals surface area (Å²) in [6.07, 6.45) is 3.06. The Hall–Kier alpha value is -1.57. The molecule has 2 nitrogen and oxygen atoms in total. The Morgan fingerprint density at radius 3 is 2.47 bits per heavy atom. The number of hydrogen-bond donors (Lipinski definition) is 0. The second-order valence-electron chi connectivity index (χ2n) is 3.33. The zero-order valence-electron chi connectivity index (χ0n) is 9.41. The first-order valence-corrected chi connectivity index (χ1v) is 5.05. The van der Waals surface area contributed by atoms with E-state index in [9.17, 15) is 4.79 Å². The smallest absolute Gasteiger partial charge is 0.338 e. The average Bonchev–Trinajstić information content (AvgIpc) is 2.28. The van der Waals surface area contributed by atoms with Crippen LogP contribution in [0.15, 0.2) is 30.3 Å². The van der Waals surface area contributed by atoms with Crippen LogP contribution in [-0.2, 0) is 4.74 Å². The maximum atomic E-state index is 11.5. The average molecular weight is 204 g/mol. The predicted octanol–water partition coefficient (Wildman–Crippen LogP) is 3.29. The van der Waals surface area contributed by atoms with Crippen molar-refractivity contribution in [1.82, 2.24) is 0 Å². The minimum atomic E-state index is -0.283. The molecular formula is C13H16O2. The lowest BCUT2D eigenvalue weighted by Gasteiger charge is -2.07. The van der Waals surface area contributed by atoms with Gasteiger partial charge in [-0.15, -0.1) is 0 Å². The van der Waals surface area contributed by atoms with Crippen LogP contribution in [0, 0.1) is 0 Å². The number of benzene rings is 1. The molecular weight excluding hydrogens is 188 g/mol. The van der Waals surface area contributed by atoms with Crippen LogP contribution in [0.3, 0.4) is 0 Å². The SMILES string of the molecule is CC/C=C(\C)c1ccccc1C(=O)OC. The molecule has 2 heteroatoms. The fourth-order valence-electron chi connectivity index (χ4n) is 1.53. The summed E-state index contributed by atoms with van der Waals surface area (Å²) in [6.45, 7) is 4.08. The van der Waals surface area contributed by atoms with Crippen LogP contribution in [0.1, 0.15) is 36.2 Å². The van der Waals surface area contributed by atoms with Crippen molar-refractivity contribution in [1.29, 1.82) is 0 Å². The van der Waals surface area contributed by atoms with Crippen molar-refractivity contribution in [3.05, 3.63) is 41.5 Å². The molecule has 0 saturated heterocycles. The van der Waals surface area contributed by atoms with Gasteiger partial charge in [-0.05, 0) is 30.5 Å². The third kappa shape index (κ3) is 2.69. The van der Waals surface area contributed by atoms with Crippen molar-refractivity contribution in [2.75, 3.05) is 7.11 Å². The highest BCUT2D eigenvalue weighted by molar-refractivity contribution is 5.95.